The predicted octanol–water partition coefficient (Wildman–Crippen LogP) is 2.03. The van der Waals surface area contributed by atoms with E-state index in [1.54, 1.807) is 0 Å². The first kappa shape index (κ1) is 10.9. The third-order valence-corrected chi connectivity index (χ3v) is 3.69. The lowest BCUT2D eigenvalue weighted by atomic mass is 10.0. The van der Waals surface area contributed by atoms with Crippen molar-refractivity contribution in [1.82, 2.24) is 5.32 Å². The van der Waals surface area contributed by atoms with E-state index in [0.717, 1.165) is 31.9 Å². The van der Waals surface area contributed by atoms with E-state index in [9.17, 15) is 0 Å². The molecule has 1 aromatic carbocycles. The number of benzene rings is 1. The number of hydrogen-bond acceptors (Lipinski definition) is 3. The average Bonchev–Trinajstić information content (AvgIpc) is 2.62. The fraction of sp³-hybridized carbons (Fsp3) is 0.571. The minimum absolute atomic E-state index is 0.631. The number of anilines is 1. The van der Waals surface area contributed by atoms with E-state index in [1.165, 1.54) is 25.1 Å². The monoisotopic (exact) mass is 232 g/mol. The Kier molecular flexibility index (Phi) is 3.18. The van der Waals surface area contributed by atoms with Crippen molar-refractivity contribution in [2.75, 3.05) is 31.1 Å². The zero-order valence-electron chi connectivity index (χ0n) is 10.2. The molecule has 1 unspecified atom stereocenters. The van der Waals surface area contributed by atoms with Crippen molar-refractivity contribution in [2.24, 2.45) is 0 Å². The topological polar surface area (TPSA) is 24.5 Å². The third-order valence-electron chi connectivity index (χ3n) is 3.69. The first-order chi connectivity index (χ1) is 8.45. The van der Waals surface area contributed by atoms with Crippen LogP contribution in [0.25, 0.3) is 0 Å². The van der Waals surface area contributed by atoms with E-state index in [0.29, 0.717) is 6.04 Å². The molecule has 3 nitrogen and oxygen atoms in total. The summed E-state index contributed by atoms with van der Waals surface area (Å²) < 4.78 is 5.81. The van der Waals surface area contributed by atoms with Crippen LogP contribution in [0.15, 0.2) is 24.3 Å². The minimum Gasteiger partial charge on any atom is -0.491 e. The van der Waals surface area contributed by atoms with E-state index >= 15 is 0 Å². The molecule has 0 saturated carbocycles. The Morgan fingerprint density at radius 2 is 2.18 bits per heavy atom. The van der Waals surface area contributed by atoms with Crippen LogP contribution in [-0.4, -0.2) is 32.3 Å². The van der Waals surface area contributed by atoms with Crippen LogP contribution in [-0.2, 0) is 0 Å². The number of piperidine rings is 1. The van der Waals surface area contributed by atoms with Gasteiger partial charge < -0.3 is 15.0 Å². The number of para-hydroxylation sites is 2. The normalized spacial score (nSPS) is 24.7. The summed E-state index contributed by atoms with van der Waals surface area (Å²) in [4.78, 5) is 2.54. The van der Waals surface area contributed by atoms with Gasteiger partial charge in [-0.25, -0.2) is 0 Å². The molecule has 3 rings (SSSR count). The predicted molar refractivity (Wildman–Crippen MR) is 69.8 cm³/mol. The zero-order chi connectivity index (χ0) is 11.5. The molecule has 1 fully saturated rings. The van der Waals surface area contributed by atoms with Gasteiger partial charge in [-0.15, -0.1) is 0 Å². The molecule has 0 spiro atoms. The van der Waals surface area contributed by atoms with Crippen LogP contribution in [0.5, 0.6) is 5.75 Å². The van der Waals surface area contributed by atoms with E-state index in [1.807, 2.05) is 0 Å². The number of hydrogen-bond donors (Lipinski definition) is 1. The second-order valence-corrected chi connectivity index (χ2v) is 4.86. The number of ether oxygens (including phenoxy) is 1. The van der Waals surface area contributed by atoms with Gasteiger partial charge >= 0.3 is 0 Å². The highest BCUT2D eigenvalue weighted by Gasteiger charge is 2.24. The molecule has 0 radical (unpaired) electrons. The fourth-order valence-corrected chi connectivity index (χ4v) is 2.83. The number of fused-ring (bicyclic) bond motifs is 1. The lowest BCUT2D eigenvalue weighted by Gasteiger charge is -2.35. The van der Waals surface area contributed by atoms with Crippen molar-refractivity contribution in [2.45, 2.75) is 25.3 Å². The summed E-state index contributed by atoms with van der Waals surface area (Å²) in [6.45, 7) is 4.23. The van der Waals surface area contributed by atoms with E-state index < -0.39 is 0 Å². The Balaban J connectivity index is 1.88. The molecule has 17 heavy (non-hydrogen) atoms. The van der Waals surface area contributed by atoms with Gasteiger partial charge in [0, 0.05) is 19.1 Å². The molecule has 92 valence electrons. The zero-order valence-corrected chi connectivity index (χ0v) is 10.2. The molecule has 0 amide bonds. The molecule has 0 aliphatic carbocycles. The van der Waals surface area contributed by atoms with Crippen LogP contribution in [0.1, 0.15) is 19.3 Å². The number of rotatable bonds is 1. The molecule has 1 atom stereocenters. The van der Waals surface area contributed by atoms with Gasteiger partial charge in [-0.3, -0.25) is 0 Å². The van der Waals surface area contributed by atoms with E-state index in [2.05, 4.69) is 34.5 Å². The van der Waals surface area contributed by atoms with E-state index in [-0.39, 0.29) is 0 Å². The highest BCUT2D eigenvalue weighted by atomic mass is 16.5. The first-order valence-corrected chi connectivity index (χ1v) is 6.64. The average molecular weight is 232 g/mol. The van der Waals surface area contributed by atoms with E-state index in [4.69, 9.17) is 4.74 Å². The molecular formula is C14H20N2O. The van der Waals surface area contributed by atoms with Gasteiger partial charge in [-0.2, -0.15) is 0 Å². The van der Waals surface area contributed by atoms with Crippen LogP contribution >= 0.6 is 0 Å². The number of nitrogens with one attached hydrogen (secondary N) is 1. The molecule has 2 heterocycles. The second kappa shape index (κ2) is 4.96. The molecule has 2 aliphatic heterocycles. The van der Waals surface area contributed by atoms with Gasteiger partial charge in [0.2, 0.25) is 0 Å². The van der Waals surface area contributed by atoms with Crippen LogP contribution in [0.3, 0.4) is 0 Å². The highest BCUT2D eigenvalue weighted by molar-refractivity contribution is 5.59. The van der Waals surface area contributed by atoms with Crippen molar-refractivity contribution in [3.63, 3.8) is 0 Å². The van der Waals surface area contributed by atoms with Crippen LogP contribution in [0, 0.1) is 0 Å². The van der Waals surface area contributed by atoms with Gasteiger partial charge in [0.15, 0.2) is 0 Å². The highest BCUT2D eigenvalue weighted by Crippen LogP contribution is 2.32. The number of nitrogens with zero attached hydrogens (tertiary/aromatic N) is 1. The summed E-state index contributed by atoms with van der Waals surface area (Å²) >= 11 is 0. The quantitative estimate of drug-likeness (QED) is 0.802. The summed E-state index contributed by atoms with van der Waals surface area (Å²) in [6, 6.07) is 9.07. The Morgan fingerprint density at radius 1 is 1.24 bits per heavy atom. The van der Waals surface area contributed by atoms with Crippen molar-refractivity contribution >= 4 is 5.69 Å². The van der Waals surface area contributed by atoms with Crippen molar-refractivity contribution in [1.29, 1.82) is 0 Å². The second-order valence-electron chi connectivity index (χ2n) is 4.86. The fourth-order valence-electron chi connectivity index (χ4n) is 2.83. The third kappa shape index (κ3) is 2.25. The Hall–Kier alpha value is -1.22. The largest absolute Gasteiger partial charge is 0.491 e. The first-order valence-electron chi connectivity index (χ1n) is 6.64. The molecular weight excluding hydrogens is 212 g/mol. The van der Waals surface area contributed by atoms with Crippen molar-refractivity contribution in [3.8, 4) is 5.75 Å². The van der Waals surface area contributed by atoms with Gasteiger partial charge in [-0.1, -0.05) is 12.1 Å². The standard InChI is InChI=1S/C14H20N2O/c1-2-7-14-13(6-1)16(9-4-10-17-14)12-5-3-8-15-11-12/h1-2,6-7,12,15H,3-5,8-11H2. The lowest BCUT2D eigenvalue weighted by Crippen LogP contribution is -2.46. The molecule has 2 aliphatic rings. The molecule has 3 heteroatoms. The summed E-state index contributed by atoms with van der Waals surface area (Å²) in [7, 11) is 0. The molecule has 1 aromatic rings. The maximum absolute atomic E-state index is 5.81. The molecule has 1 saturated heterocycles. The SMILES string of the molecule is c1ccc2c(c1)OCCCN2C1CCCNC1. The summed E-state index contributed by atoms with van der Waals surface area (Å²) in [6.07, 6.45) is 3.69. The molecule has 1 N–H and O–H groups in total. The van der Waals surface area contributed by atoms with Gasteiger partial charge in [0.1, 0.15) is 5.75 Å². The van der Waals surface area contributed by atoms with Crippen molar-refractivity contribution in [3.05, 3.63) is 24.3 Å². The van der Waals surface area contributed by atoms with Crippen LogP contribution in [0.4, 0.5) is 5.69 Å². The van der Waals surface area contributed by atoms with Crippen LogP contribution in [0.2, 0.25) is 0 Å². The maximum Gasteiger partial charge on any atom is 0.142 e. The van der Waals surface area contributed by atoms with Gasteiger partial charge in [0.25, 0.3) is 0 Å². The summed E-state index contributed by atoms with van der Waals surface area (Å²) in [5.41, 5.74) is 1.28. The molecule has 0 aromatic heterocycles. The van der Waals surface area contributed by atoms with Crippen LogP contribution < -0.4 is 15.0 Å². The smallest absolute Gasteiger partial charge is 0.142 e. The Bertz CT molecular complexity index is 374. The lowest BCUT2D eigenvalue weighted by molar-refractivity contribution is 0.321. The molecule has 0 bridgehead atoms. The minimum atomic E-state index is 0.631. The summed E-state index contributed by atoms with van der Waals surface area (Å²) in [5.74, 6) is 1.05. The van der Waals surface area contributed by atoms with Crippen molar-refractivity contribution < 1.29 is 4.74 Å². The summed E-state index contributed by atoms with van der Waals surface area (Å²) in [5, 5.41) is 3.50. The van der Waals surface area contributed by atoms with Gasteiger partial charge in [-0.05, 0) is 37.9 Å². The van der Waals surface area contributed by atoms with Gasteiger partial charge in [0.05, 0.1) is 12.3 Å². The Morgan fingerprint density at radius 3 is 3.06 bits per heavy atom. The Labute approximate surface area is 103 Å². The maximum atomic E-state index is 5.81.